The summed E-state index contributed by atoms with van der Waals surface area (Å²) in [5, 5.41) is 0. The second-order valence-corrected chi connectivity index (χ2v) is 8.76. The Hall–Kier alpha value is -4.36. The first kappa shape index (κ1) is 22.1. The zero-order valence-corrected chi connectivity index (χ0v) is 19.9. The van der Waals surface area contributed by atoms with Gasteiger partial charge in [0, 0.05) is 23.7 Å². The van der Waals surface area contributed by atoms with E-state index < -0.39 is 0 Å². The number of fused-ring (bicyclic) bond motifs is 3. The maximum atomic E-state index is 6.27. The van der Waals surface area contributed by atoms with E-state index in [2.05, 4.69) is 26.7 Å². The molecular formula is C29H26N4O3. The molecule has 0 amide bonds. The molecule has 36 heavy (non-hydrogen) atoms. The summed E-state index contributed by atoms with van der Waals surface area (Å²) in [4.78, 5) is 8.72. The zero-order valence-electron chi connectivity index (χ0n) is 19.9. The van der Waals surface area contributed by atoms with Gasteiger partial charge in [0.2, 0.25) is 0 Å². The second-order valence-electron chi connectivity index (χ2n) is 8.76. The third-order valence-electron chi connectivity index (χ3n) is 6.43. The fourth-order valence-electron chi connectivity index (χ4n) is 4.70. The molecule has 2 aromatic heterocycles. The molecule has 6 rings (SSSR count). The molecule has 0 radical (unpaired) electrons. The standard InChI is InChI=1S/C29H26N4O3/c1-19-26-25(17-35-19)33(28-27(26)31-18-32-29(28)30)21-10-12-22(13-11-21)36-24-9-5-8-23(16-24)34-15-14-20-6-3-2-4-7-20/h2-13,16,18-19H,14-15,17H2,1H3,(H2,30,31,32). The molecule has 1 aliphatic heterocycles. The summed E-state index contributed by atoms with van der Waals surface area (Å²) in [6.07, 6.45) is 2.32. The van der Waals surface area contributed by atoms with Gasteiger partial charge in [0.15, 0.2) is 5.82 Å². The number of rotatable bonds is 7. The summed E-state index contributed by atoms with van der Waals surface area (Å²) >= 11 is 0. The van der Waals surface area contributed by atoms with Gasteiger partial charge in [-0.15, -0.1) is 0 Å². The van der Waals surface area contributed by atoms with Gasteiger partial charge in [-0.1, -0.05) is 36.4 Å². The van der Waals surface area contributed by atoms with Crippen LogP contribution in [0, 0.1) is 0 Å². The van der Waals surface area contributed by atoms with E-state index >= 15 is 0 Å². The molecule has 1 unspecified atom stereocenters. The van der Waals surface area contributed by atoms with Crippen LogP contribution >= 0.6 is 0 Å². The van der Waals surface area contributed by atoms with Crippen molar-refractivity contribution in [3.05, 3.63) is 102 Å². The van der Waals surface area contributed by atoms with Crippen molar-refractivity contribution in [3.8, 4) is 22.9 Å². The Kier molecular flexibility index (Phi) is 5.75. The maximum Gasteiger partial charge on any atom is 0.151 e. The number of nitrogens with zero attached hydrogens (tertiary/aromatic N) is 3. The highest BCUT2D eigenvalue weighted by Crippen LogP contribution is 2.41. The summed E-state index contributed by atoms with van der Waals surface area (Å²) in [5.74, 6) is 2.67. The Balaban J connectivity index is 1.20. The Morgan fingerprint density at radius 3 is 2.58 bits per heavy atom. The summed E-state index contributed by atoms with van der Waals surface area (Å²) in [6.45, 7) is 3.14. The highest BCUT2D eigenvalue weighted by atomic mass is 16.5. The van der Waals surface area contributed by atoms with Crippen molar-refractivity contribution < 1.29 is 14.2 Å². The van der Waals surface area contributed by atoms with Crippen molar-refractivity contribution in [3.63, 3.8) is 0 Å². The normalized spacial score (nSPS) is 14.6. The molecule has 0 fully saturated rings. The highest BCUT2D eigenvalue weighted by molar-refractivity contribution is 5.91. The van der Waals surface area contributed by atoms with Gasteiger partial charge in [0.1, 0.15) is 34.6 Å². The molecule has 0 saturated heterocycles. The third-order valence-corrected chi connectivity index (χ3v) is 6.43. The van der Waals surface area contributed by atoms with Crippen LogP contribution in [-0.4, -0.2) is 21.1 Å². The molecule has 5 aromatic rings. The number of benzene rings is 3. The lowest BCUT2D eigenvalue weighted by atomic mass is 10.1. The summed E-state index contributed by atoms with van der Waals surface area (Å²) in [5.41, 5.74) is 12.2. The summed E-state index contributed by atoms with van der Waals surface area (Å²) in [6, 6.07) is 25.9. The fourth-order valence-corrected chi connectivity index (χ4v) is 4.70. The quantitative estimate of drug-likeness (QED) is 0.308. The average Bonchev–Trinajstić information content (AvgIpc) is 3.44. The molecule has 1 aliphatic rings. The first-order chi connectivity index (χ1) is 17.7. The van der Waals surface area contributed by atoms with E-state index in [1.54, 1.807) is 0 Å². The molecule has 0 spiro atoms. The molecular weight excluding hydrogens is 452 g/mol. The molecule has 3 heterocycles. The minimum absolute atomic E-state index is 0.0390. The van der Waals surface area contributed by atoms with Gasteiger partial charge in [-0.2, -0.15) is 0 Å². The molecule has 0 aliphatic carbocycles. The molecule has 180 valence electrons. The Labute approximate surface area is 209 Å². The molecule has 7 heteroatoms. The van der Waals surface area contributed by atoms with Crippen molar-refractivity contribution in [1.82, 2.24) is 14.5 Å². The van der Waals surface area contributed by atoms with Gasteiger partial charge >= 0.3 is 0 Å². The van der Waals surface area contributed by atoms with Crippen LogP contribution in [0.25, 0.3) is 16.7 Å². The van der Waals surface area contributed by atoms with Crippen LogP contribution in [0.1, 0.15) is 29.8 Å². The second kappa shape index (κ2) is 9.36. The predicted molar refractivity (Wildman–Crippen MR) is 139 cm³/mol. The number of anilines is 1. The fraction of sp³-hybridized carbons (Fsp3) is 0.172. The molecule has 2 N–H and O–H groups in total. The van der Waals surface area contributed by atoms with E-state index in [9.17, 15) is 0 Å². The van der Waals surface area contributed by atoms with Gasteiger partial charge in [-0.3, -0.25) is 0 Å². The number of nitrogen functional groups attached to an aromatic ring is 1. The van der Waals surface area contributed by atoms with Crippen molar-refractivity contribution in [2.75, 3.05) is 12.3 Å². The van der Waals surface area contributed by atoms with Crippen molar-refractivity contribution in [2.24, 2.45) is 0 Å². The summed E-state index contributed by atoms with van der Waals surface area (Å²) < 4.78 is 20.0. The monoisotopic (exact) mass is 478 g/mol. The molecule has 0 saturated carbocycles. The maximum absolute atomic E-state index is 6.27. The van der Waals surface area contributed by atoms with E-state index in [4.69, 9.17) is 19.9 Å². The van der Waals surface area contributed by atoms with Gasteiger partial charge in [0.25, 0.3) is 0 Å². The van der Waals surface area contributed by atoms with E-state index in [1.165, 1.54) is 11.9 Å². The van der Waals surface area contributed by atoms with Crippen LogP contribution in [0.4, 0.5) is 5.82 Å². The van der Waals surface area contributed by atoms with Gasteiger partial charge in [-0.05, 0) is 48.9 Å². The van der Waals surface area contributed by atoms with Crippen molar-refractivity contribution in [2.45, 2.75) is 26.1 Å². The molecule has 1 atom stereocenters. The number of hydrogen-bond donors (Lipinski definition) is 1. The SMILES string of the molecule is CC1OCc2c1c1ncnc(N)c1n2-c1ccc(Oc2cccc(OCCc3ccccc3)c2)cc1. The lowest BCUT2D eigenvalue weighted by Gasteiger charge is -2.12. The van der Waals surface area contributed by atoms with E-state index in [0.29, 0.717) is 24.8 Å². The minimum Gasteiger partial charge on any atom is -0.493 e. The Morgan fingerprint density at radius 1 is 0.944 bits per heavy atom. The minimum atomic E-state index is -0.0390. The molecule has 7 nitrogen and oxygen atoms in total. The largest absolute Gasteiger partial charge is 0.493 e. The zero-order chi connectivity index (χ0) is 24.5. The van der Waals surface area contributed by atoms with Crippen molar-refractivity contribution >= 4 is 16.9 Å². The number of nitrogens with two attached hydrogens (primary N) is 1. The van der Waals surface area contributed by atoms with Crippen LogP contribution in [0.2, 0.25) is 0 Å². The lowest BCUT2D eigenvalue weighted by molar-refractivity contribution is 0.0783. The molecule has 3 aromatic carbocycles. The third kappa shape index (κ3) is 4.14. The summed E-state index contributed by atoms with van der Waals surface area (Å²) in [7, 11) is 0. The smallest absolute Gasteiger partial charge is 0.151 e. The van der Waals surface area contributed by atoms with E-state index in [0.717, 1.165) is 45.9 Å². The highest BCUT2D eigenvalue weighted by Gasteiger charge is 2.30. The Bertz CT molecular complexity index is 1510. The number of hydrogen-bond acceptors (Lipinski definition) is 6. The van der Waals surface area contributed by atoms with E-state index in [-0.39, 0.29) is 6.10 Å². The predicted octanol–water partition coefficient (Wildman–Crippen LogP) is 6.01. The average molecular weight is 479 g/mol. The van der Waals surface area contributed by atoms with Gasteiger partial charge in [0.05, 0.1) is 25.0 Å². The first-order valence-electron chi connectivity index (χ1n) is 12.0. The van der Waals surface area contributed by atoms with Crippen LogP contribution in [0.15, 0.2) is 85.2 Å². The van der Waals surface area contributed by atoms with Crippen LogP contribution in [0.3, 0.4) is 0 Å². The first-order valence-corrected chi connectivity index (χ1v) is 12.0. The van der Waals surface area contributed by atoms with Crippen LogP contribution < -0.4 is 15.2 Å². The van der Waals surface area contributed by atoms with Crippen LogP contribution in [0.5, 0.6) is 17.2 Å². The molecule has 0 bridgehead atoms. The topological polar surface area (TPSA) is 84.4 Å². The van der Waals surface area contributed by atoms with Crippen molar-refractivity contribution in [1.29, 1.82) is 0 Å². The number of aromatic nitrogens is 3. The number of ether oxygens (including phenoxy) is 3. The lowest BCUT2D eigenvalue weighted by Crippen LogP contribution is -2.03. The van der Waals surface area contributed by atoms with E-state index in [1.807, 2.05) is 73.7 Å². The van der Waals surface area contributed by atoms with Crippen LogP contribution in [-0.2, 0) is 17.8 Å². The van der Waals surface area contributed by atoms with Gasteiger partial charge in [-0.25, -0.2) is 9.97 Å². The Morgan fingerprint density at radius 2 is 1.75 bits per heavy atom. The van der Waals surface area contributed by atoms with Gasteiger partial charge < -0.3 is 24.5 Å².